The SMILES string of the molecule is COC(=O)C=Cc1ccc(C(=Nc2ccc(CN(C)C)cc2)C2C(=O)Nc3cc(Cl)ccc32)cc1. The minimum atomic E-state index is -0.583. The quantitative estimate of drug-likeness (QED) is 0.273. The van der Waals surface area contributed by atoms with Gasteiger partial charge in [0.25, 0.3) is 0 Å². The van der Waals surface area contributed by atoms with Crippen LogP contribution < -0.4 is 5.32 Å². The largest absolute Gasteiger partial charge is 0.466 e. The van der Waals surface area contributed by atoms with Gasteiger partial charge in [0.2, 0.25) is 5.91 Å². The molecule has 6 nitrogen and oxygen atoms in total. The van der Waals surface area contributed by atoms with Crippen LogP contribution in [0.1, 0.15) is 28.2 Å². The van der Waals surface area contributed by atoms with E-state index in [2.05, 4.69) is 15.0 Å². The number of nitrogens with one attached hydrogen (secondary N) is 1. The van der Waals surface area contributed by atoms with Crippen molar-refractivity contribution in [1.82, 2.24) is 4.90 Å². The summed E-state index contributed by atoms with van der Waals surface area (Å²) < 4.78 is 4.65. The highest BCUT2D eigenvalue weighted by molar-refractivity contribution is 6.31. The maximum atomic E-state index is 13.1. The van der Waals surface area contributed by atoms with Gasteiger partial charge in [-0.1, -0.05) is 54.1 Å². The van der Waals surface area contributed by atoms with Crippen LogP contribution in [0.4, 0.5) is 11.4 Å². The molecule has 1 amide bonds. The average Bonchev–Trinajstić information content (AvgIpc) is 3.16. The van der Waals surface area contributed by atoms with Gasteiger partial charge in [-0.2, -0.15) is 0 Å². The summed E-state index contributed by atoms with van der Waals surface area (Å²) in [5.74, 6) is -1.16. The molecule has 35 heavy (non-hydrogen) atoms. The Hall–Kier alpha value is -3.74. The molecule has 0 radical (unpaired) electrons. The molecular weight excluding hydrogens is 462 g/mol. The number of fused-ring (bicyclic) bond motifs is 1. The number of nitrogens with zero attached hydrogens (tertiary/aromatic N) is 2. The van der Waals surface area contributed by atoms with E-state index < -0.39 is 11.9 Å². The molecule has 1 aliphatic rings. The molecule has 3 aromatic carbocycles. The molecule has 0 spiro atoms. The fourth-order valence-corrected chi connectivity index (χ4v) is 4.15. The van der Waals surface area contributed by atoms with Crippen molar-refractivity contribution in [3.63, 3.8) is 0 Å². The summed E-state index contributed by atoms with van der Waals surface area (Å²) in [5, 5.41) is 3.49. The minimum absolute atomic E-state index is 0.153. The molecule has 3 aromatic rings. The second-order valence-corrected chi connectivity index (χ2v) is 8.97. The Bertz CT molecular complexity index is 1300. The highest BCUT2D eigenvalue weighted by atomic mass is 35.5. The van der Waals surface area contributed by atoms with Gasteiger partial charge in [0.1, 0.15) is 5.92 Å². The van der Waals surface area contributed by atoms with E-state index >= 15 is 0 Å². The summed E-state index contributed by atoms with van der Waals surface area (Å²) in [7, 11) is 5.39. The Morgan fingerprint density at radius 2 is 1.80 bits per heavy atom. The highest BCUT2D eigenvalue weighted by Gasteiger charge is 2.35. The Labute approximate surface area is 209 Å². The van der Waals surface area contributed by atoms with Crippen LogP contribution in [0.25, 0.3) is 6.08 Å². The molecule has 1 aliphatic heterocycles. The van der Waals surface area contributed by atoms with E-state index in [1.807, 2.05) is 68.7 Å². The first kappa shape index (κ1) is 24.4. The van der Waals surface area contributed by atoms with Crippen molar-refractivity contribution in [3.8, 4) is 0 Å². The summed E-state index contributed by atoms with van der Waals surface area (Å²) in [4.78, 5) is 31.5. The van der Waals surface area contributed by atoms with Crippen molar-refractivity contribution >= 4 is 46.6 Å². The number of benzene rings is 3. The Kier molecular flexibility index (Phi) is 7.44. The predicted octanol–water partition coefficient (Wildman–Crippen LogP) is 5.44. The molecule has 4 rings (SSSR count). The van der Waals surface area contributed by atoms with Crippen molar-refractivity contribution < 1.29 is 14.3 Å². The summed E-state index contributed by atoms with van der Waals surface area (Å²) in [5.41, 5.74) is 5.72. The van der Waals surface area contributed by atoms with Gasteiger partial charge in [-0.15, -0.1) is 0 Å². The van der Waals surface area contributed by atoms with Gasteiger partial charge in [0.05, 0.1) is 18.5 Å². The smallest absolute Gasteiger partial charge is 0.330 e. The molecule has 0 saturated heterocycles. The van der Waals surface area contributed by atoms with Gasteiger partial charge in [-0.25, -0.2) is 4.79 Å². The number of halogens is 1. The number of esters is 1. The van der Waals surface area contributed by atoms with E-state index in [4.69, 9.17) is 16.6 Å². The zero-order chi connectivity index (χ0) is 24.9. The van der Waals surface area contributed by atoms with Crippen LogP contribution in [0.15, 0.2) is 77.8 Å². The van der Waals surface area contributed by atoms with Gasteiger partial charge < -0.3 is 15.0 Å². The van der Waals surface area contributed by atoms with Crippen LogP contribution in [0.2, 0.25) is 5.02 Å². The number of hydrogen-bond acceptors (Lipinski definition) is 5. The van der Waals surface area contributed by atoms with E-state index in [0.717, 1.165) is 28.9 Å². The van der Waals surface area contributed by atoms with Crippen molar-refractivity contribution in [1.29, 1.82) is 0 Å². The van der Waals surface area contributed by atoms with E-state index in [1.54, 1.807) is 18.2 Å². The third kappa shape index (κ3) is 5.85. The lowest BCUT2D eigenvalue weighted by Crippen LogP contribution is -2.22. The number of carbonyl (C=O) groups excluding carboxylic acids is 2. The first-order valence-electron chi connectivity index (χ1n) is 11.1. The second kappa shape index (κ2) is 10.7. The van der Waals surface area contributed by atoms with Crippen molar-refractivity contribution in [2.75, 3.05) is 26.5 Å². The Balaban J connectivity index is 1.75. The first-order valence-corrected chi connectivity index (χ1v) is 11.5. The molecular formula is C28H26ClN3O3. The van der Waals surface area contributed by atoms with Gasteiger partial charge >= 0.3 is 5.97 Å². The van der Waals surface area contributed by atoms with Gasteiger partial charge in [0.15, 0.2) is 0 Å². The molecule has 1 unspecified atom stereocenters. The number of anilines is 1. The van der Waals surface area contributed by atoms with Crippen molar-refractivity contribution in [2.45, 2.75) is 12.5 Å². The number of hydrogen-bond donors (Lipinski definition) is 1. The number of aliphatic imine (C=N–C) groups is 1. The lowest BCUT2D eigenvalue weighted by Gasteiger charge is -2.15. The normalized spacial score (nSPS) is 15.4. The zero-order valence-corrected chi connectivity index (χ0v) is 20.5. The van der Waals surface area contributed by atoms with E-state index in [-0.39, 0.29) is 5.91 Å². The third-order valence-electron chi connectivity index (χ3n) is 5.62. The lowest BCUT2D eigenvalue weighted by atomic mass is 9.90. The lowest BCUT2D eigenvalue weighted by molar-refractivity contribution is -0.134. The van der Waals surface area contributed by atoms with Crippen LogP contribution in [0.5, 0.6) is 0 Å². The van der Waals surface area contributed by atoms with Gasteiger partial charge in [-0.05, 0) is 66.7 Å². The van der Waals surface area contributed by atoms with Crippen LogP contribution in [-0.2, 0) is 20.9 Å². The minimum Gasteiger partial charge on any atom is -0.466 e. The predicted molar refractivity (Wildman–Crippen MR) is 140 cm³/mol. The molecule has 1 atom stereocenters. The number of carbonyl (C=O) groups is 2. The molecule has 0 fully saturated rings. The van der Waals surface area contributed by atoms with Crippen molar-refractivity contribution in [2.24, 2.45) is 4.99 Å². The van der Waals surface area contributed by atoms with Crippen LogP contribution >= 0.6 is 11.6 Å². The van der Waals surface area contributed by atoms with Crippen LogP contribution in [0, 0.1) is 0 Å². The standard InChI is InChI=1S/C28H26ClN3O3/c1-32(2)17-19-6-12-22(13-7-19)30-27(20-9-4-18(5-10-20)8-15-25(33)35-3)26-23-14-11-21(29)16-24(23)31-28(26)34/h4-16,26H,17H2,1-3H3,(H,31,34). The third-order valence-corrected chi connectivity index (χ3v) is 5.86. The maximum absolute atomic E-state index is 13.1. The molecule has 1 N–H and O–H groups in total. The number of methoxy groups -OCH3 is 1. The van der Waals surface area contributed by atoms with Crippen LogP contribution in [-0.4, -0.2) is 43.7 Å². The number of rotatable bonds is 7. The molecule has 0 aliphatic carbocycles. The second-order valence-electron chi connectivity index (χ2n) is 8.53. The fourth-order valence-electron chi connectivity index (χ4n) is 3.98. The van der Waals surface area contributed by atoms with Gasteiger partial charge in [-0.3, -0.25) is 9.79 Å². The van der Waals surface area contributed by atoms with Crippen molar-refractivity contribution in [3.05, 3.63) is 100 Å². The number of amides is 1. The first-order chi connectivity index (χ1) is 16.8. The van der Waals surface area contributed by atoms with Crippen LogP contribution in [0.3, 0.4) is 0 Å². The summed E-state index contributed by atoms with van der Waals surface area (Å²) >= 11 is 6.15. The number of ether oxygens (including phenoxy) is 1. The monoisotopic (exact) mass is 487 g/mol. The Morgan fingerprint density at radius 3 is 2.46 bits per heavy atom. The molecule has 0 aromatic heterocycles. The van der Waals surface area contributed by atoms with E-state index in [1.165, 1.54) is 18.7 Å². The maximum Gasteiger partial charge on any atom is 0.330 e. The van der Waals surface area contributed by atoms with E-state index in [9.17, 15) is 9.59 Å². The summed E-state index contributed by atoms with van der Waals surface area (Å²) in [6.07, 6.45) is 3.04. The molecule has 7 heteroatoms. The van der Waals surface area contributed by atoms with Gasteiger partial charge in [0, 0.05) is 23.3 Å². The molecule has 0 bridgehead atoms. The fraction of sp³-hybridized carbons (Fsp3) is 0.179. The molecule has 1 heterocycles. The Morgan fingerprint density at radius 1 is 1.09 bits per heavy atom. The highest BCUT2D eigenvalue weighted by Crippen LogP contribution is 2.37. The topological polar surface area (TPSA) is 71.0 Å². The molecule has 0 saturated carbocycles. The molecule has 178 valence electrons. The summed E-state index contributed by atoms with van der Waals surface area (Å²) in [6.45, 7) is 0.830. The summed E-state index contributed by atoms with van der Waals surface area (Å²) in [6, 6.07) is 21.0. The average molecular weight is 488 g/mol. The van der Waals surface area contributed by atoms with E-state index in [0.29, 0.717) is 16.4 Å². The zero-order valence-electron chi connectivity index (χ0n) is 19.8.